The van der Waals surface area contributed by atoms with E-state index < -0.39 is 0 Å². The van der Waals surface area contributed by atoms with Gasteiger partial charge in [0.1, 0.15) is 5.38 Å². The number of alkyl halides is 1. The number of hydrogen-bond donors (Lipinski definition) is 1. The van der Waals surface area contributed by atoms with Gasteiger partial charge < -0.3 is 5.32 Å². The monoisotopic (exact) mass is 204 g/mol. The Morgan fingerprint density at radius 3 is 2.92 bits per heavy atom. The van der Waals surface area contributed by atoms with Gasteiger partial charge in [-0.2, -0.15) is 0 Å². The van der Waals surface area contributed by atoms with Crippen LogP contribution in [0, 0.1) is 0 Å². The molecule has 1 N–H and O–H groups in total. The van der Waals surface area contributed by atoms with Crippen molar-refractivity contribution >= 4 is 34.4 Å². The molecule has 1 saturated heterocycles. The number of amidine groups is 1. The Kier molecular flexibility index (Phi) is 1.84. The number of hydrogen-bond acceptors (Lipinski definition) is 3. The summed E-state index contributed by atoms with van der Waals surface area (Å²) >= 11 is 7.55. The van der Waals surface area contributed by atoms with Gasteiger partial charge in [0, 0.05) is 11.8 Å². The smallest absolute Gasteiger partial charge is 0.245 e. The van der Waals surface area contributed by atoms with E-state index in [0.29, 0.717) is 5.17 Å². The SMILES string of the molecule is CN=C1NC(=O)C(Cl)C2(CC2)S1. The molecule has 0 radical (unpaired) electrons. The number of halogens is 1. The van der Waals surface area contributed by atoms with Crippen molar-refractivity contribution in [3.05, 3.63) is 0 Å². The molecule has 1 spiro atoms. The van der Waals surface area contributed by atoms with Crippen LogP contribution in [-0.4, -0.2) is 28.2 Å². The van der Waals surface area contributed by atoms with Gasteiger partial charge in [-0.3, -0.25) is 9.79 Å². The van der Waals surface area contributed by atoms with E-state index in [4.69, 9.17) is 11.6 Å². The standard InChI is InChI=1S/C7H9ClN2OS/c1-9-6-10-5(11)4(8)7(12-6)2-3-7/h4H,2-3H2,1H3,(H,9,10,11). The van der Waals surface area contributed by atoms with Crippen LogP contribution >= 0.6 is 23.4 Å². The molecule has 1 saturated carbocycles. The van der Waals surface area contributed by atoms with Gasteiger partial charge >= 0.3 is 0 Å². The lowest BCUT2D eigenvalue weighted by atomic mass is 10.2. The molecule has 0 aromatic heterocycles. The topological polar surface area (TPSA) is 41.5 Å². The highest BCUT2D eigenvalue weighted by molar-refractivity contribution is 8.15. The van der Waals surface area contributed by atoms with Crippen LogP contribution in [0.3, 0.4) is 0 Å². The third-order valence-corrected chi connectivity index (χ3v) is 4.44. The van der Waals surface area contributed by atoms with Crippen LogP contribution < -0.4 is 5.32 Å². The Hall–Kier alpha value is -0.220. The fourth-order valence-corrected chi connectivity index (χ4v) is 2.81. The second kappa shape index (κ2) is 2.64. The summed E-state index contributed by atoms with van der Waals surface area (Å²) in [6.07, 6.45) is 2.05. The molecule has 5 heteroatoms. The number of nitrogens with one attached hydrogen (secondary N) is 1. The molecular formula is C7H9ClN2OS. The van der Waals surface area contributed by atoms with Crippen molar-refractivity contribution in [2.24, 2.45) is 4.99 Å². The second-order valence-corrected chi connectivity index (χ2v) is 4.89. The van der Waals surface area contributed by atoms with Crippen molar-refractivity contribution in [3.63, 3.8) is 0 Å². The molecule has 1 aliphatic carbocycles. The molecule has 1 aliphatic heterocycles. The van der Waals surface area contributed by atoms with E-state index >= 15 is 0 Å². The fourth-order valence-electron chi connectivity index (χ4n) is 1.26. The zero-order valence-corrected chi connectivity index (χ0v) is 8.21. The van der Waals surface area contributed by atoms with Gasteiger partial charge in [0.2, 0.25) is 5.91 Å². The largest absolute Gasteiger partial charge is 0.304 e. The summed E-state index contributed by atoms with van der Waals surface area (Å²) in [5.41, 5.74) is 0. The van der Waals surface area contributed by atoms with Gasteiger partial charge in [0.25, 0.3) is 0 Å². The maximum absolute atomic E-state index is 11.3. The van der Waals surface area contributed by atoms with Crippen molar-refractivity contribution in [1.29, 1.82) is 0 Å². The number of rotatable bonds is 0. The van der Waals surface area contributed by atoms with Crippen molar-refractivity contribution in [2.75, 3.05) is 7.05 Å². The summed E-state index contributed by atoms with van der Waals surface area (Å²) in [5, 5.41) is 2.98. The Morgan fingerprint density at radius 1 is 1.75 bits per heavy atom. The van der Waals surface area contributed by atoms with Gasteiger partial charge in [-0.05, 0) is 12.8 Å². The van der Waals surface area contributed by atoms with E-state index in [1.807, 2.05) is 0 Å². The van der Waals surface area contributed by atoms with Gasteiger partial charge in [0.15, 0.2) is 5.17 Å². The first-order valence-electron chi connectivity index (χ1n) is 3.79. The zero-order valence-electron chi connectivity index (χ0n) is 6.63. The van der Waals surface area contributed by atoms with E-state index in [-0.39, 0.29) is 16.0 Å². The fraction of sp³-hybridized carbons (Fsp3) is 0.714. The Labute approximate surface area is 80.0 Å². The summed E-state index contributed by atoms with van der Waals surface area (Å²) in [7, 11) is 1.67. The average molecular weight is 205 g/mol. The lowest BCUT2D eigenvalue weighted by molar-refractivity contribution is -0.119. The number of amides is 1. The first-order valence-corrected chi connectivity index (χ1v) is 5.04. The molecule has 2 fully saturated rings. The number of aliphatic imine (C=N–C) groups is 1. The van der Waals surface area contributed by atoms with E-state index in [2.05, 4.69) is 10.3 Å². The highest BCUT2D eigenvalue weighted by Gasteiger charge is 2.56. The van der Waals surface area contributed by atoms with E-state index in [0.717, 1.165) is 12.8 Å². The summed E-state index contributed by atoms with van der Waals surface area (Å²) in [5.74, 6) is -0.103. The molecule has 0 aromatic rings. The number of carbonyl (C=O) groups excluding carboxylic acids is 1. The van der Waals surface area contributed by atoms with Crippen molar-refractivity contribution < 1.29 is 4.79 Å². The van der Waals surface area contributed by atoms with E-state index in [9.17, 15) is 4.79 Å². The Morgan fingerprint density at radius 2 is 2.42 bits per heavy atom. The molecular weight excluding hydrogens is 196 g/mol. The van der Waals surface area contributed by atoms with Gasteiger partial charge in [-0.15, -0.1) is 11.6 Å². The van der Waals surface area contributed by atoms with Crippen molar-refractivity contribution in [1.82, 2.24) is 5.32 Å². The van der Waals surface area contributed by atoms with Crippen LogP contribution in [-0.2, 0) is 4.79 Å². The minimum absolute atomic E-state index is 0.0290. The summed E-state index contributed by atoms with van der Waals surface area (Å²) in [6.45, 7) is 0. The third-order valence-electron chi connectivity index (χ3n) is 2.17. The highest BCUT2D eigenvalue weighted by Crippen LogP contribution is 2.54. The molecule has 0 bridgehead atoms. The lowest BCUT2D eigenvalue weighted by Crippen LogP contribution is -2.47. The van der Waals surface area contributed by atoms with Crippen molar-refractivity contribution in [2.45, 2.75) is 23.0 Å². The van der Waals surface area contributed by atoms with Crippen LogP contribution in [0.4, 0.5) is 0 Å². The van der Waals surface area contributed by atoms with E-state index in [1.54, 1.807) is 18.8 Å². The van der Waals surface area contributed by atoms with Crippen LogP contribution in [0.5, 0.6) is 0 Å². The maximum atomic E-state index is 11.3. The Balaban J connectivity index is 2.22. The van der Waals surface area contributed by atoms with Crippen molar-refractivity contribution in [3.8, 4) is 0 Å². The molecule has 2 rings (SSSR count). The molecule has 3 nitrogen and oxygen atoms in total. The van der Waals surface area contributed by atoms with Crippen LogP contribution in [0.15, 0.2) is 4.99 Å². The molecule has 1 heterocycles. The predicted molar refractivity (Wildman–Crippen MR) is 50.7 cm³/mol. The molecule has 66 valence electrons. The van der Waals surface area contributed by atoms with Crippen LogP contribution in [0.2, 0.25) is 0 Å². The average Bonchev–Trinajstić information content (AvgIpc) is 2.81. The second-order valence-electron chi connectivity index (χ2n) is 3.05. The molecule has 1 unspecified atom stereocenters. The number of carbonyl (C=O) groups is 1. The quantitative estimate of drug-likeness (QED) is 0.598. The number of thioether (sulfide) groups is 1. The van der Waals surface area contributed by atoms with E-state index in [1.165, 1.54) is 0 Å². The van der Waals surface area contributed by atoms with Gasteiger partial charge in [0.05, 0.1) is 0 Å². The highest BCUT2D eigenvalue weighted by atomic mass is 35.5. The third kappa shape index (κ3) is 1.13. The van der Waals surface area contributed by atoms with Gasteiger partial charge in [-0.1, -0.05) is 11.8 Å². The molecule has 12 heavy (non-hydrogen) atoms. The first kappa shape index (κ1) is 8.38. The molecule has 1 amide bonds. The lowest BCUT2D eigenvalue weighted by Gasteiger charge is -2.26. The summed E-state index contributed by atoms with van der Waals surface area (Å²) < 4.78 is -0.0290. The molecule has 0 aromatic carbocycles. The summed E-state index contributed by atoms with van der Waals surface area (Å²) in [4.78, 5) is 15.2. The first-order chi connectivity index (χ1) is 5.68. The summed E-state index contributed by atoms with van der Waals surface area (Å²) in [6, 6.07) is 0. The minimum atomic E-state index is -0.381. The molecule has 2 aliphatic rings. The number of nitrogens with zero attached hydrogens (tertiary/aromatic N) is 1. The van der Waals surface area contributed by atoms with Gasteiger partial charge in [-0.25, -0.2) is 0 Å². The normalized spacial score (nSPS) is 35.3. The molecule has 1 atom stereocenters. The zero-order chi connectivity index (χ0) is 8.77. The van der Waals surface area contributed by atoms with Crippen LogP contribution in [0.1, 0.15) is 12.8 Å². The maximum Gasteiger partial charge on any atom is 0.245 e. The minimum Gasteiger partial charge on any atom is -0.304 e. The predicted octanol–water partition coefficient (Wildman–Crippen LogP) is 0.975. The van der Waals surface area contributed by atoms with Crippen LogP contribution in [0.25, 0.3) is 0 Å². The Bertz CT molecular complexity index is 262.